The molecule has 8 aliphatic rings. The molecule has 8 rings (SSSR count). The molecule has 4 heterocycles. The fraction of sp³-hybridized carbons (Fsp3) is 0.857. The maximum atomic E-state index is 13.6. The van der Waals surface area contributed by atoms with E-state index < -0.39 is 34.5 Å². The third-order valence-electron chi connectivity index (χ3n) is 11.9. The lowest BCUT2D eigenvalue weighted by Gasteiger charge is -2.58. The summed E-state index contributed by atoms with van der Waals surface area (Å²) in [5.74, 6) is -1.000. The van der Waals surface area contributed by atoms with Crippen molar-refractivity contribution in [3.8, 4) is 0 Å². The minimum absolute atomic E-state index is 0.00254. The van der Waals surface area contributed by atoms with Crippen LogP contribution in [0.2, 0.25) is 0 Å². The molecule has 7 nitrogen and oxygen atoms in total. The average Bonchev–Trinajstić information content (AvgIpc) is 3.54. The van der Waals surface area contributed by atoms with Crippen LogP contribution in [0, 0.1) is 57.7 Å². The molecule has 4 aliphatic carbocycles. The van der Waals surface area contributed by atoms with Gasteiger partial charge < -0.3 is 24.1 Å². The minimum atomic E-state index is -1.24. The molecular formula is C28H38O7. The number of ether oxygens (including phenoxy) is 4. The molecule has 8 bridgehead atoms. The van der Waals surface area contributed by atoms with Crippen LogP contribution in [0.5, 0.6) is 0 Å². The Labute approximate surface area is 206 Å². The fourth-order valence-corrected chi connectivity index (χ4v) is 10.5. The Hall–Kier alpha value is -1.28. The highest BCUT2D eigenvalue weighted by molar-refractivity contribution is 5.90. The van der Waals surface area contributed by atoms with E-state index in [2.05, 4.69) is 33.8 Å². The van der Waals surface area contributed by atoms with E-state index in [1.165, 1.54) is 0 Å². The number of aldehydes is 1. The number of fused-ring (bicyclic) bond motifs is 2. The van der Waals surface area contributed by atoms with Gasteiger partial charge in [0.25, 0.3) is 5.97 Å². The van der Waals surface area contributed by atoms with Crippen LogP contribution < -0.4 is 0 Å². The maximum Gasteiger partial charge on any atom is 0.315 e. The lowest BCUT2D eigenvalue weighted by molar-refractivity contribution is -0.434. The van der Waals surface area contributed by atoms with Gasteiger partial charge in [-0.3, -0.25) is 9.53 Å². The molecule has 0 aromatic heterocycles. The van der Waals surface area contributed by atoms with Gasteiger partial charge >= 0.3 is 5.97 Å². The Morgan fingerprint density at radius 3 is 2.63 bits per heavy atom. The summed E-state index contributed by atoms with van der Waals surface area (Å²) in [5.41, 5.74) is -1.89. The van der Waals surface area contributed by atoms with Crippen molar-refractivity contribution < 1.29 is 33.6 Å². The minimum Gasteiger partial charge on any atom is -0.481 e. The van der Waals surface area contributed by atoms with Gasteiger partial charge in [-0.25, -0.2) is 0 Å². The van der Waals surface area contributed by atoms with E-state index in [4.69, 9.17) is 18.9 Å². The largest absolute Gasteiger partial charge is 0.481 e. The van der Waals surface area contributed by atoms with Crippen molar-refractivity contribution in [2.75, 3.05) is 6.61 Å². The predicted octanol–water partition coefficient (Wildman–Crippen LogP) is 4.01. The van der Waals surface area contributed by atoms with Gasteiger partial charge in [0.2, 0.25) is 0 Å². The zero-order valence-corrected chi connectivity index (χ0v) is 21.4. The fourth-order valence-electron chi connectivity index (χ4n) is 10.5. The molecule has 4 saturated heterocycles. The van der Waals surface area contributed by atoms with Crippen LogP contribution in [0.3, 0.4) is 0 Å². The third-order valence-corrected chi connectivity index (χ3v) is 11.9. The summed E-state index contributed by atoms with van der Waals surface area (Å²) in [6, 6.07) is 0. The molecule has 4 aliphatic heterocycles. The molecule has 0 amide bonds. The second-order valence-corrected chi connectivity index (χ2v) is 13.2. The number of carboxylic acid groups (broad SMARTS) is 1. The normalized spacial score (nSPS) is 58.8. The highest BCUT2D eigenvalue weighted by Gasteiger charge is 2.84. The van der Waals surface area contributed by atoms with E-state index in [1.54, 1.807) is 0 Å². The zero-order valence-electron chi connectivity index (χ0n) is 21.4. The summed E-state index contributed by atoms with van der Waals surface area (Å²) < 4.78 is 25.3. The number of hydrogen-bond donors (Lipinski definition) is 1. The SMILES string of the molecule is CC(C)C1=CC2CC3(C=O)C4CCC(C)C4CC2(COC24OC5OC(C(C)C5O2)C4C)C13C(=O)O. The number of aliphatic carboxylic acids is 1. The number of carbonyl (C=O) groups is 2. The van der Waals surface area contributed by atoms with E-state index in [0.717, 1.165) is 31.1 Å². The smallest absolute Gasteiger partial charge is 0.315 e. The first-order valence-corrected chi connectivity index (χ1v) is 13.7. The summed E-state index contributed by atoms with van der Waals surface area (Å²) >= 11 is 0. The highest BCUT2D eigenvalue weighted by Crippen LogP contribution is 2.82. The molecule has 35 heavy (non-hydrogen) atoms. The molecular weight excluding hydrogens is 448 g/mol. The van der Waals surface area contributed by atoms with E-state index in [1.807, 2.05) is 6.92 Å². The lowest BCUT2D eigenvalue weighted by Crippen LogP contribution is -2.64. The van der Waals surface area contributed by atoms with Crippen LogP contribution >= 0.6 is 0 Å². The standard InChI is InChI=1S/C28H38O7/c1-13(2)20-8-17-9-25(11-29)19-7-6-14(3)18(19)10-26(17,27(20,25)24(30)31)12-32-28-16(5)21-15(4)22(34-28)23(33-21)35-28/h8,11,13-19,21-23H,6-7,9-10,12H2,1-5H3,(H,30,31). The molecule has 0 spiro atoms. The van der Waals surface area contributed by atoms with Crippen LogP contribution in [-0.2, 0) is 28.5 Å². The molecule has 1 N–H and O–H groups in total. The highest BCUT2D eigenvalue weighted by atomic mass is 17.0. The number of hydrogen-bond acceptors (Lipinski definition) is 6. The summed E-state index contributed by atoms with van der Waals surface area (Å²) in [6.45, 7) is 10.8. The molecule has 0 radical (unpaired) electrons. The van der Waals surface area contributed by atoms with E-state index in [9.17, 15) is 14.7 Å². The number of allylic oxidation sites excluding steroid dienone is 1. The van der Waals surface area contributed by atoms with Gasteiger partial charge in [0.05, 0.1) is 24.0 Å². The Morgan fingerprint density at radius 2 is 1.97 bits per heavy atom. The Morgan fingerprint density at radius 1 is 1.20 bits per heavy atom. The van der Waals surface area contributed by atoms with Crippen molar-refractivity contribution in [3.63, 3.8) is 0 Å². The van der Waals surface area contributed by atoms with Crippen LogP contribution in [0.15, 0.2) is 11.6 Å². The van der Waals surface area contributed by atoms with Gasteiger partial charge in [-0.15, -0.1) is 0 Å². The van der Waals surface area contributed by atoms with Crippen LogP contribution in [0.4, 0.5) is 0 Å². The van der Waals surface area contributed by atoms with Gasteiger partial charge in [0, 0.05) is 11.3 Å². The third kappa shape index (κ3) is 2.23. The Balaban J connectivity index is 1.34. The van der Waals surface area contributed by atoms with Crippen molar-refractivity contribution in [2.45, 2.75) is 84.8 Å². The quantitative estimate of drug-likeness (QED) is 0.448. The van der Waals surface area contributed by atoms with Crippen molar-refractivity contribution in [3.05, 3.63) is 11.6 Å². The zero-order chi connectivity index (χ0) is 24.7. The molecule has 7 heteroatoms. The first-order valence-electron chi connectivity index (χ1n) is 13.7. The second-order valence-electron chi connectivity index (χ2n) is 13.2. The van der Waals surface area contributed by atoms with Gasteiger partial charge in [-0.2, -0.15) is 0 Å². The van der Waals surface area contributed by atoms with Gasteiger partial charge in [0.15, 0.2) is 6.29 Å². The summed E-state index contributed by atoms with van der Waals surface area (Å²) in [5, 5.41) is 11.1. The van der Waals surface area contributed by atoms with Crippen LogP contribution in [0.25, 0.3) is 0 Å². The molecule has 13 atom stereocenters. The predicted molar refractivity (Wildman–Crippen MR) is 124 cm³/mol. The summed E-state index contributed by atoms with van der Waals surface area (Å²) in [7, 11) is 0. The average molecular weight is 487 g/mol. The van der Waals surface area contributed by atoms with E-state index >= 15 is 0 Å². The number of rotatable bonds is 6. The van der Waals surface area contributed by atoms with Crippen LogP contribution in [-0.4, -0.2) is 48.4 Å². The maximum absolute atomic E-state index is 13.6. The van der Waals surface area contributed by atoms with Gasteiger partial charge in [-0.05, 0) is 48.9 Å². The molecule has 192 valence electrons. The van der Waals surface area contributed by atoms with Crippen molar-refractivity contribution >= 4 is 12.3 Å². The summed E-state index contributed by atoms with van der Waals surface area (Å²) in [6.07, 6.45) is 6.04. The lowest BCUT2D eigenvalue weighted by atomic mass is 9.43. The Bertz CT molecular complexity index is 1020. The molecule has 0 aromatic carbocycles. The van der Waals surface area contributed by atoms with E-state index in [0.29, 0.717) is 18.3 Å². The topological polar surface area (TPSA) is 91.3 Å². The number of carboxylic acids is 1. The second kappa shape index (κ2) is 6.77. The monoisotopic (exact) mass is 486 g/mol. The van der Waals surface area contributed by atoms with Crippen LogP contribution in [0.1, 0.15) is 60.3 Å². The van der Waals surface area contributed by atoms with E-state index in [-0.39, 0.29) is 48.4 Å². The number of carbonyl (C=O) groups excluding carboxylic acids is 1. The molecule has 13 unspecified atom stereocenters. The van der Waals surface area contributed by atoms with Crippen molar-refractivity contribution in [2.24, 2.45) is 57.7 Å². The molecule has 7 fully saturated rings. The van der Waals surface area contributed by atoms with Crippen molar-refractivity contribution in [1.82, 2.24) is 0 Å². The first-order chi connectivity index (χ1) is 16.6. The molecule has 3 saturated carbocycles. The summed E-state index contributed by atoms with van der Waals surface area (Å²) in [4.78, 5) is 26.8. The molecule has 0 aromatic rings. The van der Waals surface area contributed by atoms with Gasteiger partial charge in [0.1, 0.15) is 17.8 Å². The van der Waals surface area contributed by atoms with Crippen molar-refractivity contribution in [1.29, 1.82) is 0 Å². The Kier molecular flexibility index (Phi) is 4.43. The first kappa shape index (κ1) is 22.9. The van der Waals surface area contributed by atoms with Gasteiger partial charge in [-0.1, -0.05) is 52.7 Å².